The standard InChI is InChI=1S/C16H20N2S2/c19-13-17-11-3-1-5-15-7-9-16(10-8-15)6-2-4-12-18-14-20/h7-10H,1-6,11-12H2. The summed E-state index contributed by atoms with van der Waals surface area (Å²) in [6.45, 7) is 1.59. The Labute approximate surface area is 132 Å². The molecular weight excluding hydrogens is 284 g/mol. The molecular formula is C16H20N2S2. The molecule has 0 saturated carbocycles. The van der Waals surface area contributed by atoms with E-state index >= 15 is 0 Å². The van der Waals surface area contributed by atoms with E-state index in [0.717, 1.165) is 51.6 Å². The highest BCUT2D eigenvalue weighted by Crippen LogP contribution is 2.10. The molecule has 0 aromatic heterocycles. The van der Waals surface area contributed by atoms with Gasteiger partial charge in [-0.3, -0.25) is 0 Å². The van der Waals surface area contributed by atoms with Gasteiger partial charge in [0.05, 0.1) is 10.3 Å². The van der Waals surface area contributed by atoms with Gasteiger partial charge >= 0.3 is 0 Å². The molecule has 0 N–H and O–H groups in total. The van der Waals surface area contributed by atoms with Crippen LogP contribution in [-0.2, 0) is 12.8 Å². The normalized spacial score (nSPS) is 9.60. The Balaban J connectivity index is 2.22. The summed E-state index contributed by atoms with van der Waals surface area (Å²) in [6.07, 6.45) is 6.66. The van der Waals surface area contributed by atoms with Gasteiger partial charge in [0.25, 0.3) is 0 Å². The molecule has 20 heavy (non-hydrogen) atoms. The number of nitrogens with zero attached hydrogens (tertiary/aromatic N) is 2. The van der Waals surface area contributed by atoms with Crippen molar-refractivity contribution in [2.45, 2.75) is 38.5 Å². The van der Waals surface area contributed by atoms with Gasteiger partial charge in [-0.1, -0.05) is 24.3 Å². The minimum atomic E-state index is 0.797. The van der Waals surface area contributed by atoms with Crippen LogP contribution >= 0.6 is 24.4 Å². The predicted octanol–water partition coefficient (Wildman–Crippen LogP) is 4.54. The van der Waals surface area contributed by atoms with E-state index in [1.165, 1.54) is 11.1 Å². The highest BCUT2D eigenvalue weighted by molar-refractivity contribution is 7.78. The fraction of sp³-hybridized carbons (Fsp3) is 0.500. The van der Waals surface area contributed by atoms with Crippen LogP contribution in [0, 0.1) is 0 Å². The van der Waals surface area contributed by atoms with Crippen molar-refractivity contribution < 1.29 is 0 Å². The quantitative estimate of drug-likeness (QED) is 0.360. The molecule has 0 heterocycles. The molecule has 0 spiro atoms. The molecule has 0 aliphatic rings. The SMILES string of the molecule is S=C=NCCCCc1ccc(CCCCN=C=S)cc1. The van der Waals surface area contributed by atoms with Crippen molar-refractivity contribution in [1.29, 1.82) is 0 Å². The van der Waals surface area contributed by atoms with Crippen molar-refractivity contribution in [2.75, 3.05) is 13.1 Å². The van der Waals surface area contributed by atoms with Crippen LogP contribution in [0.5, 0.6) is 0 Å². The fourth-order valence-electron chi connectivity index (χ4n) is 2.00. The number of isothiocyanates is 2. The summed E-state index contributed by atoms with van der Waals surface area (Å²) in [6, 6.07) is 8.92. The molecule has 0 atom stereocenters. The number of thiocarbonyl (C=S) groups is 2. The first-order valence-corrected chi connectivity index (χ1v) is 7.83. The Morgan fingerprint density at radius 2 is 1.10 bits per heavy atom. The molecule has 1 aromatic rings. The maximum absolute atomic E-state index is 4.54. The van der Waals surface area contributed by atoms with E-state index in [2.05, 4.69) is 69.0 Å². The van der Waals surface area contributed by atoms with Gasteiger partial charge < -0.3 is 0 Å². The average Bonchev–Trinajstić information content (AvgIpc) is 2.48. The van der Waals surface area contributed by atoms with Crippen LogP contribution in [0.15, 0.2) is 34.3 Å². The summed E-state index contributed by atoms with van der Waals surface area (Å²) in [4.78, 5) is 7.84. The fourth-order valence-corrected chi connectivity index (χ4v) is 2.19. The second-order valence-corrected chi connectivity index (χ2v) is 5.04. The van der Waals surface area contributed by atoms with Crippen molar-refractivity contribution >= 4 is 34.8 Å². The van der Waals surface area contributed by atoms with Crippen LogP contribution in [0.1, 0.15) is 36.8 Å². The van der Waals surface area contributed by atoms with Gasteiger partial charge in [-0.05, 0) is 74.1 Å². The third-order valence-electron chi connectivity index (χ3n) is 3.12. The zero-order valence-corrected chi connectivity index (χ0v) is 13.3. The second kappa shape index (κ2) is 11.6. The van der Waals surface area contributed by atoms with Crippen molar-refractivity contribution in [3.63, 3.8) is 0 Å². The Morgan fingerprint density at radius 3 is 1.45 bits per heavy atom. The lowest BCUT2D eigenvalue weighted by Gasteiger charge is -2.04. The van der Waals surface area contributed by atoms with Crippen molar-refractivity contribution in [3.8, 4) is 0 Å². The predicted molar refractivity (Wildman–Crippen MR) is 92.1 cm³/mol. The first-order valence-electron chi connectivity index (χ1n) is 7.02. The maximum atomic E-state index is 4.54. The maximum Gasteiger partial charge on any atom is 0.0584 e. The first kappa shape index (κ1) is 16.9. The molecule has 1 rings (SSSR count). The Hall–Kier alpha value is -1.18. The van der Waals surface area contributed by atoms with Crippen molar-refractivity contribution in [1.82, 2.24) is 0 Å². The Morgan fingerprint density at radius 1 is 0.700 bits per heavy atom. The minimum Gasteiger partial charge on any atom is -0.233 e. The smallest absolute Gasteiger partial charge is 0.0584 e. The monoisotopic (exact) mass is 304 g/mol. The van der Waals surface area contributed by atoms with Crippen LogP contribution in [0.25, 0.3) is 0 Å². The van der Waals surface area contributed by atoms with Crippen LogP contribution in [0.2, 0.25) is 0 Å². The molecule has 106 valence electrons. The first-order chi connectivity index (χ1) is 9.86. The number of hydrogen-bond donors (Lipinski definition) is 0. The molecule has 4 heteroatoms. The molecule has 0 saturated heterocycles. The van der Waals surface area contributed by atoms with Crippen LogP contribution in [0.4, 0.5) is 0 Å². The highest BCUT2D eigenvalue weighted by Gasteiger charge is 1.96. The van der Waals surface area contributed by atoms with Gasteiger partial charge in [0.15, 0.2) is 0 Å². The number of hydrogen-bond acceptors (Lipinski definition) is 4. The number of unbranched alkanes of at least 4 members (excludes halogenated alkanes) is 2. The minimum absolute atomic E-state index is 0.797. The van der Waals surface area contributed by atoms with Crippen molar-refractivity contribution in [3.05, 3.63) is 35.4 Å². The summed E-state index contributed by atoms with van der Waals surface area (Å²) in [5, 5.41) is 4.80. The number of rotatable bonds is 10. The van der Waals surface area contributed by atoms with Gasteiger partial charge in [0.1, 0.15) is 0 Å². The van der Waals surface area contributed by atoms with Gasteiger partial charge in [-0.15, -0.1) is 0 Å². The van der Waals surface area contributed by atoms with Crippen LogP contribution < -0.4 is 0 Å². The van der Waals surface area contributed by atoms with Crippen molar-refractivity contribution in [2.24, 2.45) is 9.98 Å². The molecule has 0 radical (unpaired) electrons. The molecule has 0 fully saturated rings. The summed E-state index contributed by atoms with van der Waals surface area (Å²) < 4.78 is 0. The van der Waals surface area contributed by atoms with Gasteiger partial charge in [0.2, 0.25) is 0 Å². The average molecular weight is 304 g/mol. The topological polar surface area (TPSA) is 24.7 Å². The third kappa shape index (κ3) is 8.08. The Bertz CT molecular complexity index is 425. The lowest BCUT2D eigenvalue weighted by molar-refractivity contribution is 0.741. The largest absolute Gasteiger partial charge is 0.233 e. The summed E-state index contributed by atoms with van der Waals surface area (Å²) in [5.74, 6) is 0. The summed E-state index contributed by atoms with van der Waals surface area (Å²) >= 11 is 9.07. The van der Waals surface area contributed by atoms with E-state index in [1.54, 1.807) is 0 Å². The highest BCUT2D eigenvalue weighted by atomic mass is 32.1. The molecule has 0 bridgehead atoms. The van der Waals surface area contributed by atoms with Crippen LogP contribution in [-0.4, -0.2) is 23.4 Å². The molecule has 0 unspecified atom stereocenters. The lowest BCUT2D eigenvalue weighted by Crippen LogP contribution is -1.91. The third-order valence-corrected chi connectivity index (χ3v) is 3.38. The van der Waals surface area contributed by atoms with E-state index in [1.807, 2.05) is 0 Å². The summed E-state index contributed by atoms with van der Waals surface area (Å²) in [5.41, 5.74) is 2.79. The zero-order valence-electron chi connectivity index (χ0n) is 11.7. The number of aryl methyl sites for hydroxylation is 2. The van der Waals surface area contributed by atoms with E-state index in [-0.39, 0.29) is 0 Å². The van der Waals surface area contributed by atoms with Crippen LogP contribution in [0.3, 0.4) is 0 Å². The van der Waals surface area contributed by atoms with E-state index in [4.69, 9.17) is 0 Å². The van der Waals surface area contributed by atoms with Gasteiger partial charge in [0, 0.05) is 13.1 Å². The van der Waals surface area contributed by atoms with Gasteiger partial charge in [-0.2, -0.15) is 0 Å². The molecule has 0 aliphatic heterocycles. The molecule has 0 amide bonds. The van der Waals surface area contributed by atoms with Gasteiger partial charge in [-0.25, -0.2) is 9.98 Å². The van der Waals surface area contributed by atoms with E-state index in [0.29, 0.717) is 0 Å². The number of benzene rings is 1. The lowest BCUT2D eigenvalue weighted by atomic mass is 10.0. The molecule has 0 aliphatic carbocycles. The van der Waals surface area contributed by atoms with E-state index in [9.17, 15) is 0 Å². The zero-order chi connectivity index (χ0) is 14.5. The number of aliphatic imine (C=N–C) groups is 2. The summed E-state index contributed by atoms with van der Waals surface area (Å²) in [7, 11) is 0. The molecule has 1 aromatic carbocycles. The molecule has 2 nitrogen and oxygen atoms in total. The van der Waals surface area contributed by atoms with E-state index < -0.39 is 0 Å². The Kier molecular flexibility index (Phi) is 9.81. The second-order valence-electron chi connectivity index (χ2n) is 4.68.